The standard InChI is InChI=1S/C21H27ClN8OS/c1-11(2)29-8-7-14-15(9-29)32-21(25-14)28-19(31)12-3-5-13(6-4-12)30-10-24-16-17(23)26-20(22)27-18(16)30/h10-13H,3-9H2,1-2H3,(H2,23,26,27)(H,25,28,31). The topological polar surface area (TPSA) is 115 Å². The second-order valence-electron chi connectivity index (χ2n) is 8.90. The van der Waals surface area contributed by atoms with E-state index >= 15 is 0 Å². The van der Waals surface area contributed by atoms with Gasteiger partial charge in [0.25, 0.3) is 0 Å². The molecule has 0 aromatic carbocycles. The van der Waals surface area contributed by atoms with Gasteiger partial charge in [0.05, 0.1) is 12.0 Å². The van der Waals surface area contributed by atoms with Gasteiger partial charge in [-0.05, 0) is 51.1 Å². The van der Waals surface area contributed by atoms with Gasteiger partial charge in [0.15, 0.2) is 16.6 Å². The second kappa shape index (κ2) is 8.57. The van der Waals surface area contributed by atoms with Crippen molar-refractivity contribution in [2.24, 2.45) is 5.92 Å². The number of carbonyl (C=O) groups is 1. The van der Waals surface area contributed by atoms with Crippen molar-refractivity contribution in [3.8, 4) is 0 Å². The van der Waals surface area contributed by atoms with Gasteiger partial charge in [0, 0.05) is 42.4 Å². The molecule has 0 saturated heterocycles. The number of carbonyl (C=O) groups excluding carboxylic acids is 1. The Labute approximate surface area is 195 Å². The lowest BCUT2D eigenvalue weighted by Crippen LogP contribution is -2.35. The Morgan fingerprint density at radius 3 is 2.78 bits per heavy atom. The van der Waals surface area contributed by atoms with Crippen LogP contribution in [0.3, 0.4) is 0 Å². The fourth-order valence-electron chi connectivity index (χ4n) is 4.71. The van der Waals surface area contributed by atoms with E-state index in [0.717, 1.165) is 56.0 Å². The summed E-state index contributed by atoms with van der Waals surface area (Å²) in [5.41, 5.74) is 8.28. The summed E-state index contributed by atoms with van der Waals surface area (Å²) < 4.78 is 2.02. The zero-order valence-corrected chi connectivity index (χ0v) is 19.8. The fourth-order valence-corrected chi connectivity index (χ4v) is 5.92. The van der Waals surface area contributed by atoms with E-state index in [4.69, 9.17) is 22.3 Å². The molecule has 4 heterocycles. The van der Waals surface area contributed by atoms with Gasteiger partial charge in [-0.15, -0.1) is 11.3 Å². The van der Waals surface area contributed by atoms with Crippen molar-refractivity contribution in [2.75, 3.05) is 17.6 Å². The van der Waals surface area contributed by atoms with Crippen molar-refractivity contribution in [3.63, 3.8) is 0 Å². The maximum Gasteiger partial charge on any atom is 0.229 e. The average molecular weight is 475 g/mol. The highest BCUT2D eigenvalue weighted by Crippen LogP contribution is 2.36. The number of imidazole rings is 1. The van der Waals surface area contributed by atoms with Gasteiger partial charge in [-0.2, -0.15) is 9.97 Å². The molecule has 0 bridgehead atoms. The van der Waals surface area contributed by atoms with E-state index in [-0.39, 0.29) is 29.0 Å². The molecule has 1 saturated carbocycles. The van der Waals surface area contributed by atoms with Crippen molar-refractivity contribution >= 4 is 51.0 Å². The number of nitrogens with one attached hydrogen (secondary N) is 1. The molecule has 2 aliphatic rings. The third-order valence-corrected chi connectivity index (χ3v) is 7.77. The van der Waals surface area contributed by atoms with Crippen LogP contribution in [0.2, 0.25) is 5.28 Å². The molecule has 0 spiro atoms. The van der Waals surface area contributed by atoms with E-state index in [0.29, 0.717) is 17.2 Å². The van der Waals surface area contributed by atoms with Crippen LogP contribution in [0.4, 0.5) is 10.9 Å². The minimum atomic E-state index is -0.0163. The van der Waals surface area contributed by atoms with E-state index in [1.807, 2.05) is 4.57 Å². The number of fused-ring (bicyclic) bond motifs is 2. The smallest absolute Gasteiger partial charge is 0.229 e. The van der Waals surface area contributed by atoms with Crippen LogP contribution in [0.5, 0.6) is 0 Å². The predicted octanol–water partition coefficient (Wildman–Crippen LogP) is 3.65. The van der Waals surface area contributed by atoms with Crippen LogP contribution < -0.4 is 11.1 Å². The third-order valence-electron chi connectivity index (χ3n) is 6.60. The molecule has 3 aromatic heterocycles. The molecule has 1 aliphatic heterocycles. The van der Waals surface area contributed by atoms with Gasteiger partial charge in [-0.3, -0.25) is 9.69 Å². The first kappa shape index (κ1) is 21.5. The first-order valence-corrected chi connectivity index (χ1v) is 12.3. The molecule has 5 rings (SSSR count). The summed E-state index contributed by atoms with van der Waals surface area (Å²) in [6, 6.07) is 0.730. The number of rotatable bonds is 4. The quantitative estimate of drug-likeness (QED) is 0.554. The number of anilines is 2. The first-order chi connectivity index (χ1) is 15.4. The number of nitrogens with zero attached hydrogens (tertiary/aromatic N) is 6. The Balaban J connectivity index is 1.22. The van der Waals surface area contributed by atoms with E-state index < -0.39 is 0 Å². The van der Waals surface area contributed by atoms with Crippen molar-refractivity contribution in [2.45, 2.75) is 64.6 Å². The maximum atomic E-state index is 12.9. The van der Waals surface area contributed by atoms with Gasteiger partial charge in [-0.25, -0.2) is 9.97 Å². The molecule has 0 atom stereocenters. The number of aromatic nitrogens is 5. The largest absolute Gasteiger partial charge is 0.382 e. The lowest BCUT2D eigenvalue weighted by molar-refractivity contribution is -0.120. The van der Waals surface area contributed by atoms with Crippen LogP contribution in [-0.2, 0) is 17.8 Å². The zero-order chi connectivity index (χ0) is 22.4. The predicted molar refractivity (Wildman–Crippen MR) is 126 cm³/mol. The van der Waals surface area contributed by atoms with Gasteiger partial charge < -0.3 is 15.6 Å². The molecule has 11 heteroatoms. The summed E-state index contributed by atoms with van der Waals surface area (Å²) in [4.78, 5) is 34.0. The van der Waals surface area contributed by atoms with Gasteiger partial charge >= 0.3 is 0 Å². The molecule has 170 valence electrons. The molecule has 1 aliphatic carbocycles. The number of halogens is 1. The summed E-state index contributed by atoms with van der Waals surface area (Å²) in [6.07, 6.45) is 6.03. The first-order valence-electron chi connectivity index (χ1n) is 11.1. The molecule has 9 nitrogen and oxygen atoms in total. The lowest BCUT2D eigenvalue weighted by atomic mass is 9.85. The summed E-state index contributed by atoms with van der Waals surface area (Å²) in [5.74, 6) is 0.340. The van der Waals surface area contributed by atoms with E-state index in [1.54, 1.807) is 17.7 Å². The Bertz CT molecular complexity index is 1150. The summed E-state index contributed by atoms with van der Waals surface area (Å²) >= 11 is 7.61. The van der Waals surface area contributed by atoms with Crippen molar-refractivity contribution in [3.05, 3.63) is 22.2 Å². The summed E-state index contributed by atoms with van der Waals surface area (Å²) in [6.45, 7) is 6.38. The molecule has 3 aromatic rings. The number of nitrogens with two attached hydrogens (primary N) is 1. The van der Waals surface area contributed by atoms with E-state index in [2.05, 4.69) is 39.0 Å². The zero-order valence-electron chi connectivity index (χ0n) is 18.2. The third kappa shape index (κ3) is 4.06. The molecule has 0 unspecified atom stereocenters. The van der Waals surface area contributed by atoms with Crippen molar-refractivity contribution in [1.29, 1.82) is 0 Å². The normalized spacial score (nSPS) is 21.8. The van der Waals surface area contributed by atoms with Crippen LogP contribution in [-0.4, -0.2) is 47.9 Å². The Hall–Kier alpha value is -2.30. The van der Waals surface area contributed by atoms with Gasteiger partial charge in [-0.1, -0.05) is 0 Å². The Kier molecular flexibility index (Phi) is 5.77. The van der Waals surface area contributed by atoms with Crippen molar-refractivity contribution < 1.29 is 4.79 Å². The number of nitrogen functional groups attached to an aromatic ring is 1. The monoisotopic (exact) mass is 474 g/mol. The van der Waals surface area contributed by atoms with Crippen LogP contribution in [0.1, 0.15) is 56.1 Å². The number of hydrogen-bond donors (Lipinski definition) is 2. The molecule has 3 N–H and O–H groups in total. The minimum Gasteiger partial charge on any atom is -0.382 e. The Morgan fingerprint density at radius 1 is 1.25 bits per heavy atom. The molecule has 0 radical (unpaired) electrons. The van der Waals surface area contributed by atoms with Crippen LogP contribution >= 0.6 is 22.9 Å². The minimum absolute atomic E-state index is 0.0163. The van der Waals surface area contributed by atoms with Crippen LogP contribution in [0.15, 0.2) is 6.33 Å². The van der Waals surface area contributed by atoms with E-state index in [1.165, 1.54) is 4.88 Å². The average Bonchev–Trinajstić information content (AvgIpc) is 3.36. The number of amides is 1. The molecular formula is C21H27ClN8OS. The molecule has 1 fully saturated rings. The van der Waals surface area contributed by atoms with Gasteiger partial charge in [0.1, 0.15) is 5.52 Å². The SMILES string of the molecule is CC(C)N1CCc2nc(NC(=O)C3CCC(n4cnc5c(N)nc(Cl)nc54)CC3)sc2C1. The summed E-state index contributed by atoms with van der Waals surface area (Å²) in [5, 5.41) is 3.93. The molecule has 32 heavy (non-hydrogen) atoms. The summed E-state index contributed by atoms with van der Waals surface area (Å²) in [7, 11) is 0. The highest BCUT2D eigenvalue weighted by Gasteiger charge is 2.30. The second-order valence-corrected chi connectivity index (χ2v) is 10.3. The number of hydrogen-bond acceptors (Lipinski definition) is 8. The maximum absolute atomic E-state index is 12.9. The lowest BCUT2D eigenvalue weighted by Gasteiger charge is -2.29. The fraction of sp³-hybridized carbons (Fsp3) is 0.571. The van der Waals surface area contributed by atoms with Crippen LogP contribution in [0.25, 0.3) is 11.2 Å². The Morgan fingerprint density at radius 2 is 2.03 bits per heavy atom. The highest BCUT2D eigenvalue weighted by molar-refractivity contribution is 7.15. The highest BCUT2D eigenvalue weighted by atomic mass is 35.5. The van der Waals surface area contributed by atoms with E-state index in [9.17, 15) is 4.79 Å². The number of thiazole rings is 1. The molecular weight excluding hydrogens is 448 g/mol. The molecule has 1 amide bonds. The van der Waals surface area contributed by atoms with Crippen LogP contribution in [0, 0.1) is 5.92 Å². The van der Waals surface area contributed by atoms with Gasteiger partial charge in [0.2, 0.25) is 11.2 Å². The van der Waals surface area contributed by atoms with Crippen molar-refractivity contribution in [1.82, 2.24) is 29.4 Å².